The van der Waals surface area contributed by atoms with Crippen LogP contribution in [0.3, 0.4) is 0 Å². The number of rotatable bonds is 7. The van der Waals surface area contributed by atoms with Crippen LogP contribution in [0.5, 0.6) is 0 Å². The van der Waals surface area contributed by atoms with Gasteiger partial charge in [-0.1, -0.05) is 40.5 Å². The molecule has 4 nitrogen and oxygen atoms in total. The second-order valence-electron chi connectivity index (χ2n) is 8.22. The number of thioether (sulfide) groups is 1. The SMILES string of the molecule is Cc1cc(C2=NOC(c3cc(Cl)cc(Cl)c3)(C(F)(F)F)C2)ccc1C(=O)CCCC1=NCCS1. The molecular weight excluding hydrogens is 508 g/mol. The summed E-state index contributed by atoms with van der Waals surface area (Å²) in [6.45, 7) is 2.60. The van der Waals surface area contributed by atoms with E-state index in [0.717, 1.165) is 23.8 Å². The van der Waals surface area contributed by atoms with Crippen molar-refractivity contribution in [3.05, 3.63) is 68.7 Å². The molecule has 2 aromatic carbocycles. The lowest BCUT2D eigenvalue weighted by Gasteiger charge is -2.29. The van der Waals surface area contributed by atoms with Crippen molar-refractivity contribution in [1.29, 1.82) is 0 Å². The molecule has 0 fully saturated rings. The fourth-order valence-corrected chi connectivity index (χ4v) is 5.48. The van der Waals surface area contributed by atoms with E-state index in [9.17, 15) is 18.0 Å². The number of halogens is 5. The van der Waals surface area contributed by atoms with Gasteiger partial charge in [0.1, 0.15) is 0 Å². The molecule has 34 heavy (non-hydrogen) atoms. The summed E-state index contributed by atoms with van der Waals surface area (Å²) in [6.07, 6.45) is -3.42. The van der Waals surface area contributed by atoms with E-state index in [1.54, 1.807) is 36.9 Å². The zero-order chi connectivity index (χ0) is 24.5. The maximum absolute atomic E-state index is 14.2. The number of Topliss-reactive ketones (excluding diaryl/α,β-unsaturated/α-hetero) is 1. The minimum atomic E-state index is -4.76. The molecule has 0 aliphatic carbocycles. The number of hydrogen-bond acceptors (Lipinski definition) is 5. The first-order chi connectivity index (χ1) is 16.1. The van der Waals surface area contributed by atoms with Crippen molar-refractivity contribution in [2.75, 3.05) is 12.3 Å². The maximum Gasteiger partial charge on any atom is 0.435 e. The number of alkyl halides is 3. The Kier molecular flexibility index (Phi) is 7.31. The van der Waals surface area contributed by atoms with Crippen molar-refractivity contribution in [2.24, 2.45) is 10.1 Å². The molecule has 2 aliphatic heterocycles. The normalized spacial score (nSPS) is 20.2. The van der Waals surface area contributed by atoms with Gasteiger partial charge in [0.25, 0.3) is 5.60 Å². The summed E-state index contributed by atoms with van der Waals surface area (Å²) in [7, 11) is 0. The Morgan fingerprint density at radius 3 is 2.53 bits per heavy atom. The van der Waals surface area contributed by atoms with Crippen LogP contribution in [-0.4, -0.2) is 35.0 Å². The highest BCUT2D eigenvalue weighted by molar-refractivity contribution is 8.14. The van der Waals surface area contributed by atoms with Crippen molar-refractivity contribution < 1.29 is 22.8 Å². The largest absolute Gasteiger partial charge is 0.435 e. The van der Waals surface area contributed by atoms with E-state index < -0.39 is 18.2 Å². The van der Waals surface area contributed by atoms with Crippen LogP contribution < -0.4 is 0 Å². The van der Waals surface area contributed by atoms with E-state index in [1.165, 1.54) is 18.2 Å². The van der Waals surface area contributed by atoms with Gasteiger partial charge in [-0.3, -0.25) is 9.79 Å². The number of ketones is 1. The van der Waals surface area contributed by atoms with Crippen LogP contribution in [0, 0.1) is 6.92 Å². The van der Waals surface area contributed by atoms with E-state index in [4.69, 9.17) is 28.0 Å². The summed E-state index contributed by atoms with van der Waals surface area (Å²) in [4.78, 5) is 22.1. The number of benzene rings is 2. The topological polar surface area (TPSA) is 51.0 Å². The summed E-state index contributed by atoms with van der Waals surface area (Å²) in [5, 5.41) is 5.01. The molecule has 1 unspecified atom stereocenters. The third kappa shape index (κ3) is 5.14. The smallest absolute Gasteiger partial charge is 0.374 e. The van der Waals surface area contributed by atoms with Gasteiger partial charge in [-0.2, -0.15) is 13.2 Å². The summed E-state index contributed by atoms with van der Waals surface area (Å²) in [5.41, 5.74) is -1.09. The Balaban J connectivity index is 1.51. The molecule has 0 spiro atoms. The van der Waals surface area contributed by atoms with E-state index in [-0.39, 0.29) is 27.1 Å². The van der Waals surface area contributed by atoms with E-state index in [1.807, 2.05) is 0 Å². The zero-order valence-electron chi connectivity index (χ0n) is 18.2. The number of nitrogens with zero attached hydrogens (tertiary/aromatic N) is 2. The number of hydrogen-bond donors (Lipinski definition) is 0. The molecule has 2 aromatic rings. The number of carbonyl (C=O) groups excluding carboxylic acids is 1. The molecule has 0 saturated heterocycles. The molecule has 1 atom stereocenters. The van der Waals surface area contributed by atoms with Crippen molar-refractivity contribution in [3.8, 4) is 0 Å². The van der Waals surface area contributed by atoms with Gasteiger partial charge in [0, 0.05) is 46.3 Å². The van der Waals surface area contributed by atoms with Crippen molar-refractivity contribution in [1.82, 2.24) is 0 Å². The third-order valence-corrected chi connectivity index (χ3v) is 7.31. The minimum absolute atomic E-state index is 0.00420. The standard InChI is InChI=1S/C24H21Cl2F3N2O2S/c1-14-9-15(5-6-19(14)21(32)3-2-4-22-30-7-8-34-22)20-13-23(33-31-20,24(27,28)29)16-10-17(25)12-18(26)11-16/h5-6,9-12H,2-4,7-8,13H2,1H3. The van der Waals surface area contributed by atoms with Gasteiger partial charge < -0.3 is 4.84 Å². The average molecular weight is 529 g/mol. The molecule has 0 aromatic heterocycles. The fraction of sp³-hybridized carbons (Fsp3) is 0.375. The average Bonchev–Trinajstić information content (AvgIpc) is 3.43. The first kappa shape index (κ1) is 25.1. The van der Waals surface area contributed by atoms with E-state index in [2.05, 4.69) is 10.1 Å². The van der Waals surface area contributed by atoms with Gasteiger partial charge in [-0.25, -0.2) is 0 Å². The van der Waals surface area contributed by atoms with E-state index in [0.29, 0.717) is 29.5 Å². The van der Waals surface area contributed by atoms with Crippen LogP contribution in [0.1, 0.15) is 52.7 Å². The fourth-order valence-electron chi connectivity index (χ4n) is 4.07. The Morgan fingerprint density at radius 1 is 1.18 bits per heavy atom. The molecule has 0 radical (unpaired) electrons. The highest BCUT2D eigenvalue weighted by atomic mass is 35.5. The Labute approximate surface area is 209 Å². The van der Waals surface area contributed by atoms with Crippen molar-refractivity contribution >= 4 is 51.5 Å². The van der Waals surface area contributed by atoms with Crippen LogP contribution in [0.25, 0.3) is 0 Å². The minimum Gasteiger partial charge on any atom is -0.374 e. The quantitative estimate of drug-likeness (QED) is 0.352. The monoisotopic (exact) mass is 528 g/mol. The predicted molar refractivity (Wildman–Crippen MR) is 131 cm³/mol. The number of aliphatic imine (C=N–C) groups is 1. The van der Waals surface area contributed by atoms with Gasteiger partial charge in [-0.05, 0) is 55.2 Å². The van der Waals surface area contributed by atoms with Crippen LogP contribution in [-0.2, 0) is 10.4 Å². The van der Waals surface area contributed by atoms with E-state index >= 15 is 0 Å². The van der Waals surface area contributed by atoms with Gasteiger partial charge in [0.2, 0.25) is 0 Å². The molecule has 10 heteroatoms. The number of aryl methyl sites for hydroxylation is 1. The number of oxime groups is 1. The molecule has 0 bridgehead atoms. The summed E-state index contributed by atoms with van der Waals surface area (Å²) >= 11 is 13.6. The Hall–Kier alpha value is -2.03. The van der Waals surface area contributed by atoms with Crippen LogP contribution >= 0.6 is 35.0 Å². The summed E-state index contributed by atoms with van der Waals surface area (Å²) in [6, 6.07) is 8.64. The van der Waals surface area contributed by atoms with Gasteiger partial charge in [-0.15, -0.1) is 11.8 Å². The highest BCUT2D eigenvalue weighted by Crippen LogP contribution is 2.49. The lowest BCUT2D eigenvalue weighted by Crippen LogP contribution is -2.42. The molecule has 0 N–H and O–H groups in total. The lowest BCUT2D eigenvalue weighted by molar-refractivity contribution is -0.275. The second-order valence-corrected chi connectivity index (χ2v) is 10.3. The first-order valence-electron chi connectivity index (χ1n) is 10.7. The zero-order valence-corrected chi connectivity index (χ0v) is 20.5. The third-order valence-electron chi connectivity index (χ3n) is 5.82. The predicted octanol–water partition coefficient (Wildman–Crippen LogP) is 7.38. The van der Waals surface area contributed by atoms with Gasteiger partial charge in [0.05, 0.1) is 10.8 Å². The first-order valence-corrected chi connectivity index (χ1v) is 12.4. The van der Waals surface area contributed by atoms with Crippen LogP contribution in [0.15, 0.2) is 46.5 Å². The molecule has 4 rings (SSSR count). The molecule has 2 aliphatic rings. The maximum atomic E-state index is 14.2. The highest BCUT2D eigenvalue weighted by Gasteiger charge is 2.62. The molecular formula is C24H21Cl2F3N2O2S. The second kappa shape index (κ2) is 9.91. The number of carbonyl (C=O) groups is 1. The Morgan fingerprint density at radius 2 is 1.91 bits per heavy atom. The summed E-state index contributed by atoms with van der Waals surface area (Å²) in [5.74, 6) is 0.993. The Bertz CT molecular complexity index is 1160. The molecule has 180 valence electrons. The van der Waals surface area contributed by atoms with Crippen molar-refractivity contribution in [2.45, 2.75) is 44.4 Å². The van der Waals surface area contributed by atoms with Crippen LogP contribution in [0.2, 0.25) is 10.0 Å². The van der Waals surface area contributed by atoms with Gasteiger partial charge in [0.15, 0.2) is 5.78 Å². The van der Waals surface area contributed by atoms with Gasteiger partial charge >= 0.3 is 6.18 Å². The summed E-state index contributed by atoms with van der Waals surface area (Å²) < 4.78 is 42.6. The molecule has 2 heterocycles. The van der Waals surface area contributed by atoms with Crippen LogP contribution in [0.4, 0.5) is 13.2 Å². The molecule has 0 amide bonds. The lowest BCUT2D eigenvalue weighted by atomic mass is 9.86. The molecule has 0 saturated carbocycles. The van der Waals surface area contributed by atoms with Crippen molar-refractivity contribution in [3.63, 3.8) is 0 Å².